The van der Waals surface area contributed by atoms with Crippen LogP contribution in [0.2, 0.25) is 0 Å². The van der Waals surface area contributed by atoms with Crippen molar-refractivity contribution < 1.29 is 4.74 Å². The van der Waals surface area contributed by atoms with Crippen LogP contribution in [0.4, 0.5) is 0 Å². The minimum Gasteiger partial charge on any atom is -0.492 e. The third-order valence-corrected chi connectivity index (χ3v) is 3.37. The van der Waals surface area contributed by atoms with E-state index < -0.39 is 0 Å². The Kier molecular flexibility index (Phi) is 7.57. The Labute approximate surface area is 118 Å². The summed E-state index contributed by atoms with van der Waals surface area (Å²) in [6.07, 6.45) is 3.60. The van der Waals surface area contributed by atoms with E-state index in [-0.39, 0.29) is 0 Å². The van der Waals surface area contributed by atoms with Crippen LogP contribution in [0, 0.1) is 5.92 Å². The third-order valence-electron chi connectivity index (χ3n) is 3.37. The molecule has 1 atom stereocenters. The molecule has 0 amide bonds. The van der Waals surface area contributed by atoms with E-state index in [1.807, 2.05) is 0 Å². The number of ether oxygens (including phenoxy) is 1. The van der Waals surface area contributed by atoms with Gasteiger partial charge >= 0.3 is 0 Å². The summed E-state index contributed by atoms with van der Waals surface area (Å²) < 4.78 is 5.72. The predicted octanol–water partition coefficient (Wildman–Crippen LogP) is 4.04. The molecule has 108 valence electrons. The van der Waals surface area contributed by atoms with E-state index in [1.165, 1.54) is 18.4 Å². The van der Waals surface area contributed by atoms with Gasteiger partial charge in [0, 0.05) is 12.6 Å². The first-order valence-electron chi connectivity index (χ1n) is 7.57. The minimum atomic E-state index is 0.577. The van der Waals surface area contributed by atoms with Gasteiger partial charge in [-0.2, -0.15) is 0 Å². The van der Waals surface area contributed by atoms with Crippen molar-refractivity contribution in [1.82, 2.24) is 5.32 Å². The van der Waals surface area contributed by atoms with Crippen molar-refractivity contribution in [2.75, 3.05) is 13.2 Å². The SMILES string of the molecule is CCc1ccc(OCCNC(C)CCC(C)C)cc1. The van der Waals surface area contributed by atoms with E-state index in [1.54, 1.807) is 0 Å². The van der Waals surface area contributed by atoms with E-state index in [4.69, 9.17) is 4.74 Å². The van der Waals surface area contributed by atoms with Crippen LogP contribution in [0.3, 0.4) is 0 Å². The summed E-state index contributed by atoms with van der Waals surface area (Å²) in [5, 5.41) is 3.51. The molecule has 1 rings (SSSR count). The number of benzene rings is 1. The monoisotopic (exact) mass is 263 g/mol. The second kappa shape index (κ2) is 8.98. The van der Waals surface area contributed by atoms with E-state index in [2.05, 4.69) is 57.3 Å². The maximum absolute atomic E-state index is 5.72. The molecule has 1 aromatic carbocycles. The maximum Gasteiger partial charge on any atom is 0.119 e. The van der Waals surface area contributed by atoms with Crippen LogP contribution >= 0.6 is 0 Å². The van der Waals surface area contributed by atoms with Crippen LogP contribution in [0.25, 0.3) is 0 Å². The molecule has 19 heavy (non-hydrogen) atoms. The lowest BCUT2D eigenvalue weighted by molar-refractivity contribution is 0.303. The lowest BCUT2D eigenvalue weighted by Crippen LogP contribution is -2.30. The summed E-state index contributed by atoms with van der Waals surface area (Å²) in [4.78, 5) is 0. The van der Waals surface area contributed by atoms with E-state index >= 15 is 0 Å². The average Bonchev–Trinajstić information content (AvgIpc) is 2.42. The zero-order valence-corrected chi connectivity index (χ0v) is 12.9. The molecule has 0 saturated carbocycles. The highest BCUT2D eigenvalue weighted by Crippen LogP contribution is 2.12. The quantitative estimate of drug-likeness (QED) is 0.679. The number of hydrogen-bond acceptors (Lipinski definition) is 2. The number of aryl methyl sites for hydroxylation is 1. The highest BCUT2D eigenvalue weighted by Gasteiger charge is 2.02. The van der Waals surface area contributed by atoms with Gasteiger partial charge in [-0.25, -0.2) is 0 Å². The van der Waals surface area contributed by atoms with E-state index in [9.17, 15) is 0 Å². The van der Waals surface area contributed by atoms with Gasteiger partial charge in [0.15, 0.2) is 0 Å². The van der Waals surface area contributed by atoms with Gasteiger partial charge in [-0.05, 0) is 49.8 Å². The summed E-state index contributed by atoms with van der Waals surface area (Å²) in [5.41, 5.74) is 1.35. The van der Waals surface area contributed by atoms with Crippen molar-refractivity contribution in [3.63, 3.8) is 0 Å². The molecule has 2 nitrogen and oxygen atoms in total. The van der Waals surface area contributed by atoms with Gasteiger partial charge in [0.1, 0.15) is 12.4 Å². The first kappa shape index (κ1) is 16.0. The number of nitrogens with one attached hydrogen (secondary N) is 1. The van der Waals surface area contributed by atoms with Crippen molar-refractivity contribution in [3.8, 4) is 5.75 Å². The summed E-state index contributed by atoms with van der Waals surface area (Å²) >= 11 is 0. The summed E-state index contributed by atoms with van der Waals surface area (Å²) in [5.74, 6) is 1.76. The van der Waals surface area contributed by atoms with Gasteiger partial charge in [0.2, 0.25) is 0 Å². The molecule has 0 aromatic heterocycles. The van der Waals surface area contributed by atoms with Crippen LogP contribution in [-0.2, 0) is 6.42 Å². The minimum absolute atomic E-state index is 0.577. The van der Waals surface area contributed by atoms with Gasteiger partial charge < -0.3 is 10.1 Å². The highest BCUT2D eigenvalue weighted by molar-refractivity contribution is 5.27. The maximum atomic E-state index is 5.72. The number of hydrogen-bond donors (Lipinski definition) is 1. The molecule has 0 aliphatic heterocycles. The van der Waals surface area contributed by atoms with Crippen LogP contribution in [0.1, 0.15) is 46.1 Å². The molecule has 0 heterocycles. The largest absolute Gasteiger partial charge is 0.492 e. The highest BCUT2D eigenvalue weighted by atomic mass is 16.5. The van der Waals surface area contributed by atoms with Crippen molar-refractivity contribution in [1.29, 1.82) is 0 Å². The standard InChI is InChI=1S/C17H29NO/c1-5-16-8-10-17(11-9-16)19-13-12-18-15(4)7-6-14(2)3/h8-11,14-15,18H,5-7,12-13H2,1-4H3. The Bertz CT molecular complexity index is 332. The van der Waals surface area contributed by atoms with Crippen LogP contribution in [0.15, 0.2) is 24.3 Å². The Morgan fingerprint density at radius 1 is 1.05 bits per heavy atom. The predicted molar refractivity (Wildman–Crippen MR) is 82.9 cm³/mol. The van der Waals surface area contributed by atoms with Gasteiger partial charge in [0.05, 0.1) is 0 Å². The third kappa shape index (κ3) is 7.22. The second-order valence-electron chi connectivity index (χ2n) is 5.67. The smallest absolute Gasteiger partial charge is 0.119 e. The number of rotatable bonds is 9. The van der Waals surface area contributed by atoms with Crippen LogP contribution < -0.4 is 10.1 Å². The van der Waals surface area contributed by atoms with Crippen LogP contribution in [-0.4, -0.2) is 19.2 Å². The van der Waals surface area contributed by atoms with E-state index in [0.29, 0.717) is 6.04 Å². The first-order chi connectivity index (χ1) is 9.11. The van der Waals surface area contributed by atoms with Gasteiger partial charge in [-0.3, -0.25) is 0 Å². The second-order valence-corrected chi connectivity index (χ2v) is 5.67. The zero-order chi connectivity index (χ0) is 14.1. The molecule has 0 aliphatic carbocycles. The Hall–Kier alpha value is -1.02. The van der Waals surface area contributed by atoms with Crippen molar-refractivity contribution >= 4 is 0 Å². The fourth-order valence-corrected chi connectivity index (χ4v) is 1.98. The molecule has 0 aliphatic rings. The molecule has 1 N–H and O–H groups in total. The lowest BCUT2D eigenvalue weighted by atomic mass is 10.0. The fraction of sp³-hybridized carbons (Fsp3) is 0.647. The normalized spacial score (nSPS) is 12.7. The topological polar surface area (TPSA) is 21.3 Å². The molecule has 1 unspecified atom stereocenters. The molecular formula is C17H29NO. The van der Waals surface area contributed by atoms with Gasteiger partial charge in [-0.15, -0.1) is 0 Å². The zero-order valence-electron chi connectivity index (χ0n) is 12.9. The molecule has 0 spiro atoms. The van der Waals surface area contributed by atoms with Gasteiger partial charge in [0.25, 0.3) is 0 Å². The summed E-state index contributed by atoms with van der Waals surface area (Å²) in [6.45, 7) is 10.6. The summed E-state index contributed by atoms with van der Waals surface area (Å²) in [6, 6.07) is 8.96. The fourth-order valence-electron chi connectivity index (χ4n) is 1.98. The van der Waals surface area contributed by atoms with Crippen LogP contribution in [0.5, 0.6) is 5.75 Å². The Morgan fingerprint density at radius 3 is 2.32 bits per heavy atom. The molecule has 0 bridgehead atoms. The first-order valence-corrected chi connectivity index (χ1v) is 7.57. The molecule has 1 aromatic rings. The molecular weight excluding hydrogens is 234 g/mol. The van der Waals surface area contributed by atoms with E-state index in [0.717, 1.165) is 31.2 Å². The van der Waals surface area contributed by atoms with Crippen molar-refractivity contribution in [2.45, 2.75) is 53.0 Å². The van der Waals surface area contributed by atoms with Gasteiger partial charge in [-0.1, -0.05) is 32.9 Å². The Morgan fingerprint density at radius 2 is 1.74 bits per heavy atom. The summed E-state index contributed by atoms with van der Waals surface area (Å²) in [7, 11) is 0. The molecule has 0 saturated heterocycles. The molecule has 2 heteroatoms. The molecule has 0 radical (unpaired) electrons. The Balaban J connectivity index is 2.12. The lowest BCUT2D eigenvalue weighted by Gasteiger charge is -2.15. The van der Waals surface area contributed by atoms with Crippen molar-refractivity contribution in [2.24, 2.45) is 5.92 Å². The molecule has 0 fully saturated rings. The average molecular weight is 263 g/mol. The van der Waals surface area contributed by atoms with Crippen molar-refractivity contribution in [3.05, 3.63) is 29.8 Å².